The zero-order valence-electron chi connectivity index (χ0n) is 17.2. The maximum atomic E-state index is 6.06. The van der Waals surface area contributed by atoms with Gasteiger partial charge in [-0.2, -0.15) is 0 Å². The monoisotopic (exact) mass is 500 g/mol. The minimum absolute atomic E-state index is 0.431. The molecule has 3 N–H and O–H groups in total. The molecule has 7 heteroatoms. The van der Waals surface area contributed by atoms with Gasteiger partial charge in [0.25, 0.3) is 0 Å². The third-order valence-electron chi connectivity index (χ3n) is 5.27. The van der Waals surface area contributed by atoms with E-state index in [9.17, 15) is 0 Å². The highest BCUT2D eigenvalue weighted by atomic mass is 79.9. The van der Waals surface area contributed by atoms with Crippen molar-refractivity contribution in [2.75, 3.05) is 19.6 Å². The molecule has 3 aromatic rings. The fourth-order valence-corrected chi connectivity index (χ4v) is 4.44. The van der Waals surface area contributed by atoms with Crippen molar-refractivity contribution >= 4 is 39.7 Å². The lowest BCUT2D eigenvalue weighted by Gasteiger charge is -2.12. The highest BCUT2D eigenvalue weighted by Crippen LogP contribution is 2.25. The van der Waals surface area contributed by atoms with Crippen LogP contribution in [0.3, 0.4) is 0 Å². The molecule has 1 aromatic heterocycles. The van der Waals surface area contributed by atoms with E-state index in [2.05, 4.69) is 66.9 Å². The molecule has 162 valence electrons. The van der Waals surface area contributed by atoms with E-state index >= 15 is 0 Å². The van der Waals surface area contributed by atoms with Crippen LogP contribution in [-0.4, -0.2) is 29.6 Å². The molecule has 1 aliphatic heterocycles. The molecule has 5 nitrogen and oxygen atoms in total. The van der Waals surface area contributed by atoms with Gasteiger partial charge in [0.1, 0.15) is 12.4 Å². The van der Waals surface area contributed by atoms with Gasteiger partial charge in [0.05, 0.1) is 12.0 Å². The van der Waals surface area contributed by atoms with Gasteiger partial charge < -0.3 is 20.4 Å². The Balaban J connectivity index is 1.48. The molecule has 4 rings (SSSR count). The predicted molar refractivity (Wildman–Crippen MR) is 130 cm³/mol. The second kappa shape index (κ2) is 11.0. The number of halogens is 2. The number of benzene rings is 2. The number of hydrogen-bond acceptors (Lipinski definition) is 4. The van der Waals surface area contributed by atoms with Gasteiger partial charge in [-0.05, 0) is 72.9 Å². The fourth-order valence-electron chi connectivity index (χ4n) is 3.63. The summed E-state index contributed by atoms with van der Waals surface area (Å²) < 4.78 is 6.99. The van der Waals surface area contributed by atoms with Crippen molar-refractivity contribution in [2.45, 2.75) is 19.6 Å². The van der Waals surface area contributed by atoms with Gasteiger partial charge in [-0.1, -0.05) is 51.8 Å². The number of hydrogen-bond donors (Lipinski definition) is 3. The highest BCUT2D eigenvalue weighted by Gasteiger charge is 2.13. The Morgan fingerprint density at radius 2 is 2.16 bits per heavy atom. The van der Waals surface area contributed by atoms with Crippen LogP contribution in [0.1, 0.15) is 28.8 Å². The van der Waals surface area contributed by atoms with E-state index in [0.717, 1.165) is 53.2 Å². The predicted octanol–water partition coefficient (Wildman–Crippen LogP) is 5.27. The lowest BCUT2D eigenvalue weighted by molar-refractivity contribution is 0.301. The Kier molecular flexibility index (Phi) is 7.81. The summed E-state index contributed by atoms with van der Waals surface area (Å²) in [6.45, 7) is 4.48. The topological polar surface area (TPSA) is 62.0 Å². The van der Waals surface area contributed by atoms with Crippen molar-refractivity contribution in [1.29, 1.82) is 0 Å². The van der Waals surface area contributed by atoms with E-state index in [0.29, 0.717) is 17.5 Å². The molecule has 0 saturated carbocycles. The van der Waals surface area contributed by atoms with Crippen molar-refractivity contribution in [3.63, 3.8) is 0 Å². The summed E-state index contributed by atoms with van der Waals surface area (Å²) in [4.78, 5) is 7.19. The first-order valence-electron chi connectivity index (χ1n) is 10.4. The molecule has 1 atom stereocenters. The summed E-state index contributed by atoms with van der Waals surface area (Å²) in [6, 6.07) is 12.1. The van der Waals surface area contributed by atoms with E-state index in [1.165, 1.54) is 12.0 Å². The van der Waals surface area contributed by atoms with Gasteiger partial charge in [0, 0.05) is 22.2 Å². The summed E-state index contributed by atoms with van der Waals surface area (Å²) in [5.74, 6) is 1.54. The van der Waals surface area contributed by atoms with Crippen LogP contribution in [0, 0.1) is 5.92 Å². The van der Waals surface area contributed by atoms with E-state index < -0.39 is 0 Å². The maximum Gasteiger partial charge on any atom is 0.132 e. The first kappa shape index (κ1) is 22.1. The zero-order valence-corrected chi connectivity index (χ0v) is 19.5. The minimum atomic E-state index is 0.431. The van der Waals surface area contributed by atoms with Gasteiger partial charge in [0.2, 0.25) is 0 Å². The van der Waals surface area contributed by atoms with E-state index in [-0.39, 0.29) is 0 Å². The Morgan fingerprint density at radius 3 is 2.94 bits per heavy atom. The molecule has 0 spiro atoms. The standard InChI is InChI=1S/C24H26BrClN4O/c25-24-10-21(26)4-3-20(24)2-1-17-7-19(13-28-12-18-5-6-27-11-18)9-23(8-17)31-15-22-14-29-16-30-22/h1-4,7-10,14,16,18,27-28H,5-6,11-13,15H2,(H,29,30)/b2-1+. The van der Waals surface area contributed by atoms with Crippen LogP contribution in [0.4, 0.5) is 0 Å². The molecule has 1 saturated heterocycles. The van der Waals surface area contributed by atoms with Crippen molar-refractivity contribution in [3.05, 3.63) is 80.8 Å². The molecule has 0 amide bonds. The summed E-state index contributed by atoms with van der Waals surface area (Å²) in [6.07, 6.45) is 8.92. The fraction of sp³-hybridized carbons (Fsp3) is 0.292. The summed E-state index contributed by atoms with van der Waals surface area (Å²) in [5, 5.41) is 7.73. The zero-order chi connectivity index (χ0) is 21.5. The van der Waals surface area contributed by atoms with Crippen molar-refractivity contribution in [1.82, 2.24) is 20.6 Å². The van der Waals surface area contributed by atoms with E-state index in [1.54, 1.807) is 6.33 Å². The maximum absolute atomic E-state index is 6.06. The molecule has 2 aromatic carbocycles. The van der Waals surface area contributed by atoms with Crippen LogP contribution in [0.15, 0.2) is 53.4 Å². The SMILES string of the molecule is Clc1ccc(/C=C/c2cc(CNCC3CCNC3)cc(OCc3c[nH]cn3)c2)c(Br)c1. The summed E-state index contributed by atoms with van der Waals surface area (Å²) >= 11 is 9.64. The average Bonchev–Trinajstić information content (AvgIpc) is 3.46. The molecule has 2 heterocycles. The Hall–Kier alpha value is -2.12. The number of imidazole rings is 1. The van der Waals surface area contributed by atoms with E-state index in [1.807, 2.05) is 24.4 Å². The molecule has 0 radical (unpaired) electrons. The van der Waals surface area contributed by atoms with Crippen molar-refractivity contribution < 1.29 is 4.74 Å². The first-order chi connectivity index (χ1) is 15.2. The summed E-state index contributed by atoms with van der Waals surface area (Å²) in [7, 11) is 0. The molecule has 1 unspecified atom stereocenters. The number of aromatic amines is 1. The average molecular weight is 502 g/mol. The van der Waals surface area contributed by atoms with Gasteiger partial charge in [-0.3, -0.25) is 0 Å². The third kappa shape index (κ3) is 6.68. The molecular formula is C24H26BrClN4O. The lowest BCUT2D eigenvalue weighted by Crippen LogP contribution is -2.24. The quantitative estimate of drug-likeness (QED) is 0.349. The Bertz CT molecular complexity index is 1020. The van der Waals surface area contributed by atoms with Crippen LogP contribution < -0.4 is 15.4 Å². The van der Waals surface area contributed by atoms with Gasteiger partial charge >= 0.3 is 0 Å². The number of nitrogens with one attached hydrogen (secondary N) is 3. The molecule has 0 aliphatic carbocycles. The van der Waals surface area contributed by atoms with Gasteiger partial charge in [0.15, 0.2) is 0 Å². The molecular weight excluding hydrogens is 476 g/mol. The number of ether oxygens (including phenoxy) is 1. The summed E-state index contributed by atoms with van der Waals surface area (Å²) in [5.41, 5.74) is 4.22. The molecule has 1 fully saturated rings. The van der Waals surface area contributed by atoms with Gasteiger partial charge in [-0.15, -0.1) is 0 Å². The normalized spacial score (nSPS) is 16.3. The number of aromatic nitrogens is 2. The molecule has 1 aliphatic rings. The Morgan fingerprint density at radius 1 is 1.23 bits per heavy atom. The van der Waals surface area contributed by atoms with Crippen LogP contribution in [-0.2, 0) is 13.2 Å². The van der Waals surface area contributed by atoms with Gasteiger partial charge in [-0.25, -0.2) is 4.98 Å². The van der Waals surface area contributed by atoms with Crippen LogP contribution >= 0.6 is 27.5 Å². The van der Waals surface area contributed by atoms with Crippen LogP contribution in [0.25, 0.3) is 12.2 Å². The number of rotatable bonds is 9. The smallest absolute Gasteiger partial charge is 0.132 e. The van der Waals surface area contributed by atoms with E-state index in [4.69, 9.17) is 16.3 Å². The Labute approximate surface area is 196 Å². The lowest BCUT2D eigenvalue weighted by atomic mass is 10.1. The number of nitrogens with zero attached hydrogens (tertiary/aromatic N) is 1. The van der Waals surface area contributed by atoms with Crippen molar-refractivity contribution in [2.24, 2.45) is 5.92 Å². The highest BCUT2D eigenvalue weighted by molar-refractivity contribution is 9.10. The minimum Gasteiger partial charge on any atom is -0.487 e. The van der Waals surface area contributed by atoms with Crippen LogP contribution in [0.2, 0.25) is 5.02 Å². The van der Waals surface area contributed by atoms with Crippen molar-refractivity contribution in [3.8, 4) is 5.75 Å². The molecule has 31 heavy (non-hydrogen) atoms. The second-order valence-electron chi connectivity index (χ2n) is 7.75. The molecule has 0 bridgehead atoms. The number of H-pyrrole nitrogens is 1. The first-order valence-corrected chi connectivity index (χ1v) is 11.6. The second-order valence-corrected chi connectivity index (χ2v) is 9.04. The largest absolute Gasteiger partial charge is 0.487 e. The van der Waals surface area contributed by atoms with Crippen LogP contribution in [0.5, 0.6) is 5.75 Å². The third-order valence-corrected chi connectivity index (χ3v) is 6.19.